The molecule has 192 valence electrons. The number of nitrogens with zero attached hydrogens (tertiary/aromatic N) is 5. The van der Waals surface area contributed by atoms with E-state index in [9.17, 15) is 18.0 Å². The van der Waals surface area contributed by atoms with Gasteiger partial charge < -0.3 is 20.7 Å². The van der Waals surface area contributed by atoms with Crippen LogP contribution in [0.4, 0.5) is 24.7 Å². The summed E-state index contributed by atoms with van der Waals surface area (Å²) in [5, 5.41) is 2.60. The van der Waals surface area contributed by atoms with E-state index in [1.165, 1.54) is 43.0 Å². The summed E-state index contributed by atoms with van der Waals surface area (Å²) in [4.78, 5) is 29.0. The summed E-state index contributed by atoms with van der Waals surface area (Å²) in [6.07, 6.45) is 0.722. The van der Waals surface area contributed by atoms with Crippen molar-refractivity contribution in [3.8, 4) is 17.6 Å². The van der Waals surface area contributed by atoms with Crippen LogP contribution in [0.3, 0.4) is 0 Å². The van der Waals surface area contributed by atoms with Crippen molar-refractivity contribution in [2.24, 2.45) is 0 Å². The standard InChI is InChI=1S/C25H24F3N7O2/c1-34-6-8-35(9-7-34)16-18-3-5-20(11-22(18)37-25(26,27)28)33-24(36)19-10-17(12-30-13-19)2-4-21-14-32-23(29)15-31-21/h3,5,10-15H,6-9,16H2,1H3,(H2,29,32)(H,33,36). The van der Waals surface area contributed by atoms with Crippen LogP contribution in [0.2, 0.25) is 0 Å². The number of ether oxygens (including phenoxy) is 1. The summed E-state index contributed by atoms with van der Waals surface area (Å²) >= 11 is 0. The number of halogens is 3. The Labute approximate surface area is 211 Å². The lowest BCUT2D eigenvalue weighted by Crippen LogP contribution is -2.43. The molecule has 0 bridgehead atoms. The van der Waals surface area contributed by atoms with Crippen molar-refractivity contribution < 1.29 is 22.7 Å². The molecule has 1 fully saturated rings. The molecule has 1 aromatic carbocycles. The number of amides is 1. The number of likely N-dealkylation sites (N-methyl/N-ethyl adjacent to an activating group) is 1. The predicted molar refractivity (Wildman–Crippen MR) is 131 cm³/mol. The molecular weight excluding hydrogens is 487 g/mol. The highest BCUT2D eigenvalue weighted by Gasteiger charge is 2.32. The van der Waals surface area contributed by atoms with Gasteiger partial charge in [0.05, 0.1) is 18.0 Å². The average Bonchev–Trinajstić information content (AvgIpc) is 2.86. The molecule has 1 amide bonds. The minimum Gasteiger partial charge on any atom is -0.405 e. The van der Waals surface area contributed by atoms with Gasteiger partial charge in [-0.2, -0.15) is 0 Å². The third kappa shape index (κ3) is 7.63. The fourth-order valence-electron chi connectivity index (χ4n) is 3.60. The Morgan fingerprint density at radius 2 is 1.86 bits per heavy atom. The van der Waals surface area contributed by atoms with Crippen molar-refractivity contribution in [3.63, 3.8) is 0 Å². The number of carbonyl (C=O) groups is 1. The lowest BCUT2D eigenvalue weighted by atomic mass is 10.1. The number of piperazine rings is 1. The third-order valence-corrected chi connectivity index (χ3v) is 5.55. The van der Waals surface area contributed by atoms with Gasteiger partial charge in [-0.3, -0.25) is 14.7 Å². The van der Waals surface area contributed by atoms with Crippen LogP contribution in [0.25, 0.3) is 0 Å². The van der Waals surface area contributed by atoms with E-state index in [-0.39, 0.29) is 22.8 Å². The van der Waals surface area contributed by atoms with Crippen LogP contribution in [-0.4, -0.2) is 70.2 Å². The largest absolute Gasteiger partial charge is 0.573 e. The highest BCUT2D eigenvalue weighted by Crippen LogP contribution is 2.30. The van der Waals surface area contributed by atoms with E-state index in [0.29, 0.717) is 23.4 Å². The van der Waals surface area contributed by atoms with E-state index in [2.05, 4.69) is 46.6 Å². The lowest BCUT2D eigenvalue weighted by molar-refractivity contribution is -0.275. The molecule has 3 heterocycles. The van der Waals surface area contributed by atoms with E-state index in [4.69, 9.17) is 5.73 Å². The van der Waals surface area contributed by atoms with Crippen LogP contribution in [0.15, 0.2) is 49.1 Å². The number of hydrogen-bond acceptors (Lipinski definition) is 8. The summed E-state index contributed by atoms with van der Waals surface area (Å²) < 4.78 is 43.6. The number of carbonyl (C=O) groups excluding carboxylic acids is 1. The predicted octanol–water partition coefficient (Wildman–Crippen LogP) is 2.75. The molecule has 37 heavy (non-hydrogen) atoms. The molecular formula is C25H24F3N7O2. The molecule has 2 aromatic heterocycles. The zero-order chi connectivity index (χ0) is 26.4. The number of nitrogens with two attached hydrogens (primary N) is 1. The van der Waals surface area contributed by atoms with Crippen LogP contribution >= 0.6 is 0 Å². The van der Waals surface area contributed by atoms with Crippen LogP contribution in [0.1, 0.15) is 27.2 Å². The molecule has 0 radical (unpaired) electrons. The van der Waals surface area contributed by atoms with E-state index in [1.54, 1.807) is 6.07 Å². The molecule has 1 aliphatic heterocycles. The Kier molecular flexibility index (Phi) is 7.86. The van der Waals surface area contributed by atoms with Crippen molar-refractivity contribution >= 4 is 17.4 Å². The number of hydrogen-bond donors (Lipinski definition) is 2. The molecule has 4 rings (SSSR count). The molecule has 9 nitrogen and oxygen atoms in total. The second kappa shape index (κ2) is 11.2. The molecule has 0 saturated carbocycles. The summed E-state index contributed by atoms with van der Waals surface area (Å²) in [6, 6.07) is 5.76. The highest BCUT2D eigenvalue weighted by atomic mass is 19.4. The summed E-state index contributed by atoms with van der Waals surface area (Å²) in [5.41, 5.74) is 7.04. The minimum atomic E-state index is -4.87. The van der Waals surface area contributed by atoms with Crippen LogP contribution < -0.4 is 15.8 Å². The topological polar surface area (TPSA) is 110 Å². The minimum absolute atomic E-state index is 0.153. The van der Waals surface area contributed by atoms with Gasteiger partial charge in [0.15, 0.2) is 0 Å². The number of pyridine rings is 1. The van der Waals surface area contributed by atoms with E-state index >= 15 is 0 Å². The zero-order valence-electron chi connectivity index (χ0n) is 19.9. The Bertz CT molecular complexity index is 1310. The fraction of sp³-hybridized carbons (Fsp3) is 0.280. The number of aromatic nitrogens is 3. The Balaban J connectivity index is 1.49. The van der Waals surface area contributed by atoms with Gasteiger partial charge in [-0.1, -0.05) is 12.0 Å². The van der Waals surface area contributed by atoms with Crippen molar-refractivity contribution in [3.05, 3.63) is 71.4 Å². The maximum absolute atomic E-state index is 13.1. The number of alkyl halides is 3. The van der Waals surface area contributed by atoms with Gasteiger partial charge in [0.25, 0.3) is 5.91 Å². The molecule has 12 heteroatoms. The van der Waals surface area contributed by atoms with E-state index in [0.717, 1.165) is 26.2 Å². The number of anilines is 2. The van der Waals surface area contributed by atoms with Crippen molar-refractivity contribution in [1.29, 1.82) is 0 Å². The van der Waals surface area contributed by atoms with Crippen molar-refractivity contribution in [1.82, 2.24) is 24.8 Å². The number of rotatable bonds is 5. The van der Waals surface area contributed by atoms with Gasteiger partial charge in [0.1, 0.15) is 17.3 Å². The maximum Gasteiger partial charge on any atom is 0.573 e. The summed E-state index contributed by atoms with van der Waals surface area (Å²) in [6.45, 7) is 3.43. The van der Waals surface area contributed by atoms with Gasteiger partial charge in [0, 0.05) is 68.0 Å². The van der Waals surface area contributed by atoms with E-state index < -0.39 is 12.3 Å². The molecule has 0 spiro atoms. The molecule has 3 N–H and O–H groups in total. The van der Waals surface area contributed by atoms with Gasteiger partial charge in [-0.25, -0.2) is 9.97 Å². The highest BCUT2D eigenvalue weighted by molar-refractivity contribution is 6.04. The van der Waals surface area contributed by atoms with Crippen molar-refractivity contribution in [2.45, 2.75) is 12.9 Å². The van der Waals surface area contributed by atoms with E-state index in [1.807, 2.05) is 7.05 Å². The van der Waals surface area contributed by atoms with Crippen molar-refractivity contribution in [2.75, 3.05) is 44.3 Å². The fourth-order valence-corrected chi connectivity index (χ4v) is 3.60. The second-order valence-corrected chi connectivity index (χ2v) is 8.44. The SMILES string of the molecule is CN1CCN(Cc2ccc(NC(=O)c3cncc(C#Cc4cnc(N)cn4)c3)cc2OC(F)(F)F)CC1. The Morgan fingerprint density at radius 3 is 2.57 bits per heavy atom. The molecule has 1 aliphatic rings. The zero-order valence-corrected chi connectivity index (χ0v) is 19.9. The number of benzene rings is 1. The quantitative estimate of drug-likeness (QED) is 0.504. The maximum atomic E-state index is 13.1. The first-order valence-electron chi connectivity index (χ1n) is 11.3. The molecule has 1 saturated heterocycles. The molecule has 0 unspecified atom stereocenters. The third-order valence-electron chi connectivity index (χ3n) is 5.55. The molecule has 0 atom stereocenters. The summed E-state index contributed by atoms with van der Waals surface area (Å²) in [7, 11) is 2.00. The second-order valence-electron chi connectivity index (χ2n) is 8.44. The first-order chi connectivity index (χ1) is 17.6. The Morgan fingerprint density at radius 1 is 1.08 bits per heavy atom. The molecule has 0 aliphatic carbocycles. The van der Waals surface area contributed by atoms with Gasteiger partial charge in [0.2, 0.25) is 0 Å². The van der Waals surface area contributed by atoms with Crippen LogP contribution in [0, 0.1) is 11.8 Å². The summed E-state index contributed by atoms with van der Waals surface area (Å²) in [5.74, 6) is 4.98. The van der Waals surface area contributed by atoms with Crippen LogP contribution in [-0.2, 0) is 6.54 Å². The number of nitrogens with one attached hydrogen (secondary N) is 1. The smallest absolute Gasteiger partial charge is 0.405 e. The first kappa shape index (κ1) is 25.9. The lowest BCUT2D eigenvalue weighted by Gasteiger charge is -2.32. The monoisotopic (exact) mass is 511 g/mol. The van der Waals surface area contributed by atoms with Crippen LogP contribution in [0.5, 0.6) is 5.75 Å². The van der Waals surface area contributed by atoms with Gasteiger partial charge in [-0.05, 0) is 25.1 Å². The average molecular weight is 512 g/mol. The molecule has 3 aromatic rings. The number of nitrogen functional groups attached to an aromatic ring is 1. The van der Waals surface area contributed by atoms with Gasteiger partial charge >= 0.3 is 6.36 Å². The normalized spacial score (nSPS) is 14.5. The Hall–Kier alpha value is -4.21. The first-order valence-corrected chi connectivity index (χ1v) is 11.3. The van der Waals surface area contributed by atoms with Gasteiger partial charge in [-0.15, -0.1) is 13.2 Å².